The van der Waals surface area contributed by atoms with Gasteiger partial charge in [0.1, 0.15) is 0 Å². The van der Waals surface area contributed by atoms with Crippen molar-refractivity contribution in [2.45, 2.75) is 39.3 Å². The van der Waals surface area contributed by atoms with Crippen LogP contribution in [-0.2, 0) is 13.6 Å². The van der Waals surface area contributed by atoms with E-state index >= 15 is 0 Å². The Morgan fingerprint density at radius 2 is 1.94 bits per heavy atom. The van der Waals surface area contributed by atoms with Crippen LogP contribution in [0.25, 0.3) is 10.9 Å². The minimum atomic E-state index is 0.205. The first-order valence-corrected chi connectivity index (χ1v) is 6.31. The first-order chi connectivity index (χ1) is 8.03. The molecule has 1 aromatic carbocycles. The molecule has 0 aliphatic rings. The van der Waals surface area contributed by atoms with Gasteiger partial charge >= 0.3 is 0 Å². The van der Waals surface area contributed by atoms with Gasteiger partial charge in [-0.3, -0.25) is 0 Å². The number of para-hydroxylation sites is 1. The van der Waals surface area contributed by atoms with Gasteiger partial charge < -0.3 is 9.88 Å². The first-order valence-electron chi connectivity index (χ1n) is 6.31. The predicted molar refractivity (Wildman–Crippen MR) is 74.1 cm³/mol. The smallest absolute Gasteiger partial charge is 0.0481 e. The standard InChI is InChI=1S/C15H22N2/c1-5-15(2,3)16-10-12-11-17(4)14-9-7-6-8-13(12)14/h6-9,11,16H,5,10H2,1-4H3. The van der Waals surface area contributed by atoms with Gasteiger partial charge in [-0.15, -0.1) is 0 Å². The van der Waals surface area contributed by atoms with Gasteiger partial charge in [-0.25, -0.2) is 0 Å². The number of benzene rings is 1. The van der Waals surface area contributed by atoms with E-state index in [0.717, 1.165) is 13.0 Å². The first kappa shape index (κ1) is 12.2. The summed E-state index contributed by atoms with van der Waals surface area (Å²) in [5, 5.41) is 4.97. The van der Waals surface area contributed by atoms with Gasteiger partial charge in [0.15, 0.2) is 0 Å². The molecule has 0 unspecified atom stereocenters. The van der Waals surface area contributed by atoms with E-state index in [9.17, 15) is 0 Å². The highest BCUT2D eigenvalue weighted by Gasteiger charge is 2.14. The summed E-state index contributed by atoms with van der Waals surface area (Å²) in [6.45, 7) is 7.65. The largest absolute Gasteiger partial charge is 0.350 e. The molecule has 2 rings (SSSR count). The van der Waals surface area contributed by atoms with Crippen LogP contribution < -0.4 is 5.32 Å². The quantitative estimate of drug-likeness (QED) is 0.851. The van der Waals surface area contributed by atoms with Crippen LogP contribution in [-0.4, -0.2) is 10.1 Å². The summed E-state index contributed by atoms with van der Waals surface area (Å²) in [6.07, 6.45) is 3.36. The molecule has 1 heterocycles. The molecule has 1 aromatic heterocycles. The lowest BCUT2D eigenvalue weighted by Crippen LogP contribution is -2.37. The van der Waals surface area contributed by atoms with Gasteiger partial charge in [-0.1, -0.05) is 25.1 Å². The van der Waals surface area contributed by atoms with E-state index in [2.05, 4.69) is 68.2 Å². The minimum absolute atomic E-state index is 0.205. The molecule has 0 saturated heterocycles. The molecule has 92 valence electrons. The Morgan fingerprint density at radius 3 is 2.65 bits per heavy atom. The molecule has 0 fully saturated rings. The Balaban J connectivity index is 2.25. The van der Waals surface area contributed by atoms with Crippen molar-refractivity contribution in [3.8, 4) is 0 Å². The molecule has 17 heavy (non-hydrogen) atoms. The monoisotopic (exact) mass is 230 g/mol. The fourth-order valence-corrected chi connectivity index (χ4v) is 2.03. The average molecular weight is 230 g/mol. The highest BCUT2D eigenvalue weighted by molar-refractivity contribution is 5.83. The zero-order valence-corrected chi connectivity index (χ0v) is 11.2. The van der Waals surface area contributed by atoms with E-state index in [1.54, 1.807) is 0 Å². The fourth-order valence-electron chi connectivity index (χ4n) is 2.03. The molecule has 2 heteroatoms. The van der Waals surface area contributed by atoms with Crippen LogP contribution in [0.1, 0.15) is 32.8 Å². The summed E-state index contributed by atoms with van der Waals surface area (Å²) in [5.41, 5.74) is 2.89. The fraction of sp³-hybridized carbons (Fsp3) is 0.467. The van der Waals surface area contributed by atoms with E-state index in [4.69, 9.17) is 0 Å². The van der Waals surface area contributed by atoms with Gasteiger partial charge in [0.25, 0.3) is 0 Å². The lowest BCUT2D eigenvalue weighted by molar-refractivity contribution is 0.375. The Hall–Kier alpha value is -1.28. The van der Waals surface area contributed by atoms with Crippen molar-refractivity contribution < 1.29 is 0 Å². The Labute approximate surface area is 104 Å². The molecule has 0 aliphatic carbocycles. The van der Waals surface area contributed by atoms with Gasteiger partial charge in [0.2, 0.25) is 0 Å². The lowest BCUT2D eigenvalue weighted by Gasteiger charge is -2.24. The Morgan fingerprint density at radius 1 is 1.24 bits per heavy atom. The maximum absolute atomic E-state index is 3.62. The van der Waals surface area contributed by atoms with Crippen molar-refractivity contribution in [2.75, 3.05) is 0 Å². The number of hydrogen-bond donors (Lipinski definition) is 1. The summed E-state index contributed by atoms with van der Waals surface area (Å²) < 4.78 is 2.20. The van der Waals surface area contributed by atoms with Crippen molar-refractivity contribution in [3.63, 3.8) is 0 Å². The number of aryl methyl sites for hydroxylation is 1. The van der Waals surface area contributed by atoms with Crippen LogP contribution in [0.3, 0.4) is 0 Å². The summed E-state index contributed by atoms with van der Waals surface area (Å²) in [5.74, 6) is 0. The average Bonchev–Trinajstić information content (AvgIpc) is 2.65. The van der Waals surface area contributed by atoms with E-state index in [1.807, 2.05) is 0 Å². The van der Waals surface area contributed by atoms with Crippen LogP contribution in [0.5, 0.6) is 0 Å². The second-order valence-corrected chi connectivity index (χ2v) is 5.37. The molecule has 0 saturated carbocycles. The SMILES string of the molecule is CCC(C)(C)NCc1cn(C)c2ccccc12. The number of rotatable bonds is 4. The number of aromatic nitrogens is 1. The highest BCUT2D eigenvalue weighted by atomic mass is 15.0. The summed E-state index contributed by atoms with van der Waals surface area (Å²) >= 11 is 0. The number of nitrogens with one attached hydrogen (secondary N) is 1. The molecule has 0 bridgehead atoms. The Bertz CT molecular complexity index is 509. The second kappa shape index (κ2) is 4.53. The molecule has 2 aromatic rings. The third-order valence-corrected chi connectivity index (χ3v) is 3.62. The lowest BCUT2D eigenvalue weighted by atomic mass is 10.0. The van der Waals surface area contributed by atoms with E-state index in [0.29, 0.717) is 0 Å². The normalized spacial score (nSPS) is 12.2. The minimum Gasteiger partial charge on any atom is -0.350 e. The topological polar surface area (TPSA) is 17.0 Å². The van der Waals surface area contributed by atoms with Gasteiger partial charge in [0, 0.05) is 36.2 Å². The number of hydrogen-bond acceptors (Lipinski definition) is 1. The van der Waals surface area contributed by atoms with E-state index in [-0.39, 0.29) is 5.54 Å². The molecule has 0 amide bonds. The maximum Gasteiger partial charge on any atom is 0.0481 e. The predicted octanol–water partition coefficient (Wildman–Crippen LogP) is 3.46. The van der Waals surface area contributed by atoms with Gasteiger partial charge in [0.05, 0.1) is 0 Å². The molecule has 0 spiro atoms. The molecule has 0 atom stereocenters. The summed E-state index contributed by atoms with van der Waals surface area (Å²) in [6, 6.07) is 8.57. The summed E-state index contributed by atoms with van der Waals surface area (Å²) in [7, 11) is 2.11. The third kappa shape index (κ3) is 2.52. The van der Waals surface area contributed by atoms with Gasteiger partial charge in [-0.2, -0.15) is 0 Å². The van der Waals surface area contributed by atoms with Crippen LogP contribution >= 0.6 is 0 Å². The van der Waals surface area contributed by atoms with Crippen molar-refractivity contribution >= 4 is 10.9 Å². The molecule has 2 nitrogen and oxygen atoms in total. The number of fused-ring (bicyclic) bond motifs is 1. The molecular formula is C15H22N2. The molecule has 1 N–H and O–H groups in total. The highest BCUT2D eigenvalue weighted by Crippen LogP contribution is 2.21. The molecular weight excluding hydrogens is 208 g/mol. The van der Waals surface area contributed by atoms with Crippen molar-refractivity contribution in [1.82, 2.24) is 9.88 Å². The number of nitrogens with zero attached hydrogens (tertiary/aromatic N) is 1. The van der Waals surface area contributed by atoms with Crippen LogP contribution in [0, 0.1) is 0 Å². The molecule has 0 radical (unpaired) electrons. The second-order valence-electron chi connectivity index (χ2n) is 5.37. The third-order valence-electron chi connectivity index (χ3n) is 3.62. The van der Waals surface area contributed by atoms with Crippen molar-refractivity contribution in [3.05, 3.63) is 36.0 Å². The van der Waals surface area contributed by atoms with E-state index in [1.165, 1.54) is 16.5 Å². The summed E-state index contributed by atoms with van der Waals surface area (Å²) in [4.78, 5) is 0. The zero-order valence-electron chi connectivity index (χ0n) is 11.2. The van der Waals surface area contributed by atoms with Crippen LogP contribution in [0.2, 0.25) is 0 Å². The van der Waals surface area contributed by atoms with E-state index < -0.39 is 0 Å². The Kier molecular flexibility index (Phi) is 3.25. The molecule has 0 aliphatic heterocycles. The van der Waals surface area contributed by atoms with Crippen LogP contribution in [0.15, 0.2) is 30.5 Å². The van der Waals surface area contributed by atoms with Crippen molar-refractivity contribution in [2.24, 2.45) is 7.05 Å². The van der Waals surface area contributed by atoms with Crippen LogP contribution in [0.4, 0.5) is 0 Å². The van der Waals surface area contributed by atoms with Crippen molar-refractivity contribution in [1.29, 1.82) is 0 Å². The zero-order chi connectivity index (χ0) is 12.5. The maximum atomic E-state index is 3.62. The van der Waals surface area contributed by atoms with Gasteiger partial charge in [-0.05, 0) is 31.9 Å².